The largest absolute Gasteiger partial charge is 0.469 e. The van der Waals surface area contributed by atoms with Gasteiger partial charge in [-0.3, -0.25) is 4.79 Å². The van der Waals surface area contributed by atoms with Crippen molar-refractivity contribution in [2.75, 3.05) is 19.0 Å². The van der Waals surface area contributed by atoms with E-state index in [9.17, 15) is 9.90 Å². The third-order valence-electron chi connectivity index (χ3n) is 2.33. The highest BCUT2D eigenvalue weighted by molar-refractivity contribution is 9.10. The van der Waals surface area contributed by atoms with E-state index in [1.165, 1.54) is 7.11 Å². The lowest BCUT2D eigenvalue weighted by Crippen LogP contribution is -2.23. The highest BCUT2D eigenvalue weighted by Crippen LogP contribution is 2.19. The third kappa shape index (κ3) is 4.75. The molecule has 0 amide bonds. The highest BCUT2D eigenvalue weighted by Gasteiger charge is 2.10. The van der Waals surface area contributed by atoms with Crippen LogP contribution in [0.5, 0.6) is 0 Å². The van der Waals surface area contributed by atoms with Crippen molar-refractivity contribution < 1.29 is 14.6 Å². The van der Waals surface area contributed by atoms with Crippen LogP contribution in [-0.2, 0) is 9.53 Å². The molecule has 0 aliphatic heterocycles. The predicted molar refractivity (Wildman–Crippen MR) is 70.0 cm³/mol. The number of aryl methyl sites for hydroxylation is 1. The Kier molecular flexibility index (Phi) is 5.44. The minimum Gasteiger partial charge on any atom is -0.469 e. The van der Waals surface area contributed by atoms with Crippen molar-refractivity contribution in [2.45, 2.75) is 19.4 Å². The Balaban J connectivity index is 2.44. The van der Waals surface area contributed by atoms with Gasteiger partial charge in [0.1, 0.15) is 0 Å². The summed E-state index contributed by atoms with van der Waals surface area (Å²) in [5.74, 6) is -0.411. The first-order chi connectivity index (χ1) is 8.02. The van der Waals surface area contributed by atoms with Crippen LogP contribution in [-0.4, -0.2) is 30.8 Å². The van der Waals surface area contributed by atoms with Crippen LogP contribution in [0.15, 0.2) is 22.7 Å². The number of aliphatic hydroxyl groups is 1. The third-order valence-corrected chi connectivity index (χ3v) is 3.22. The standard InChI is InChI=1S/C12H16BrNO3/c1-8-5-9(3-4-11(8)13)14-7-10(15)6-12(16)17-2/h3-5,10,14-15H,6-7H2,1-2H3. The van der Waals surface area contributed by atoms with Gasteiger partial charge in [-0.1, -0.05) is 15.9 Å². The highest BCUT2D eigenvalue weighted by atomic mass is 79.9. The molecule has 1 atom stereocenters. The van der Waals surface area contributed by atoms with Crippen molar-refractivity contribution >= 4 is 27.6 Å². The van der Waals surface area contributed by atoms with Crippen molar-refractivity contribution in [3.63, 3.8) is 0 Å². The van der Waals surface area contributed by atoms with Gasteiger partial charge in [0.05, 0.1) is 19.6 Å². The lowest BCUT2D eigenvalue weighted by molar-refractivity contribution is -0.142. The maximum atomic E-state index is 10.9. The van der Waals surface area contributed by atoms with Crippen LogP contribution in [0.4, 0.5) is 5.69 Å². The second-order valence-corrected chi connectivity index (χ2v) is 4.63. The molecule has 0 radical (unpaired) electrons. The minimum absolute atomic E-state index is 0.000982. The predicted octanol–water partition coefficient (Wildman–Crippen LogP) is 2.09. The summed E-state index contributed by atoms with van der Waals surface area (Å²) in [6, 6.07) is 5.81. The molecular formula is C12H16BrNO3. The fraction of sp³-hybridized carbons (Fsp3) is 0.417. The molecule has 0 saturated carbocycles. The van der Waals surface area contributed by atoms with Crippen molar-refractivity contribution in [3.05, 3.63) is 28.2 Å². The van der Waals surface area contributed by atoms with Crippen LogP contribution in [0.25, 0.3) is 0 Å². The first-order valence-corrected chi connectivity index (χ1v) is 6.07. The van der Waals surface area contributed by atoms with Crippen molar-refractivity contribution in [3.8, 4) is 0 Å². The SMILES string of the molecule is COC(=O)CC(O)CNc1ccc(Br)c(C)c1. The van der Waals surface area contributed by atoms with Gasteiger partial charge in [-0.15, -0.1) is 0 Å². The van der Waals surface area contributed by atoms with Crippen LogP contribution in [0.2, 0.25) is 0 Å². The molecule has 17 heavy (non-hydrogen) atoms. The Hall–Kier alpha value is -1.07. The zero-order valence-corrected chi connectivity index (χ0v) is 11.5. The van der Waals surface area contributed by atoms with Gasteiger partial charge >= 0.3 is 5.97 Å². The number of halogens is 1. The summed E-state index contributed by atoms with van der Waals surface area (Å²) in [6.07, 6.45) is -0.745. The van der Waals surface area contributed by atoms with E-state index in [1.54, 1.807) is 0 Å². The van der Waals surface area contributed by atoms with E-state index in [2.05, 4.69) is 26.0 Å². The lowest BCUT2D eigenvalue weighted by Gasteiger charge is -2.12. The average molecular weight is 302 g/mol. The number of rotatable bonds is 5. The van der Waals surface area contributed by atoms with E-state index in [1.807, 2.05) is 25.1 Å². The molecule has 1 aromatic carbocycles. The van der Waals surface area contributed by atoms with Crippen molar-refractivity contribution in [1.82, 2.24) is 0 Å². The van der Waals surface area contributed by atoms with E-state index < -0.39 is 12.1 Å². The summed E-state index contributed by atoms with van der Waals surface area (Å²) in [6.45, 7) is 2.30. The molecule has 1 rings (SSSR count). The summed E-state index contributed by atoms with van der Waals surface area (Å²) in [4.78, 5) is 10.9. The van der Waals surface area contributed by atoms with Crippen LogP contribution in [0.1, 0.15) is 12.0 Å². The Morgan fingerprint density at radius 1 is 1.59 bits per heavy atom. The van der Waals surface area contributed by atoms with E-state index in [-0.39, 0.29) is 6.42 Å². The molecule has 0 aliphatic rings. The van der Waals surface area contributed by atoms with Gasteiger partial charge in [-0.25, -0.2) is 0 Å². The van der Waals surface area contributed by atoms with Gasteiger partial charge in [-0.05, 0) is 30.7 Å². The fourth-order valence-corrected chi connectivity index (χ4v) is 1.58. The number of benzene rings is 1. The van der Waals surface area contributed by atoms with Gasteiger partial charge in [0, 0.05) is 16.7 Å². The zero-order chi connectivity index (χ0) is 12.8. The molecule has 0 aromatic heterocycles. The number of esters is 1. The number of anilines is 1. The zero-order valence-electron chi connectivity index (χ0n) is 9.87. The molecule has 0 spiro atoms. The normalized spacial score (nSPS) is 12.0. The molecule has 0 fully saturated rings. The maximum Gasteiger partial charge on any atom is 0.308 e. The molecule has 0 saturated heterocycles. The van der Waals surface area contributed by atoms with Gasteiger partial charge in [0.2, 0.25) is 0 Å². The minimum atomic E-state index is -0.744. The molecule has 1 aromatic rings. The molecule has 0 aliphatic carbocycles. The number of carbonyl (C=O) groups is 1. The number of hydrogen-bond donors (Lipinski definition) is 2. The molecule has 94 valence electrons. The summed E-state index contributed by atoms with van der Waals surface area (Å²) in [7, 11) is 1.31. The number of aliphatic hydroxyl groups excluding tert-OH is 1. The van der Waals surface area contributed by atoms with E-state index in [0.717, 1.165) is 15.7 Å². The van der Waals surface area contributed by atoms with E-state index >= 15 is 0 Å². The Morgan fingerprint density at radius 3 is 2.88 bits per heavy atom. The van der Waals surface area contributed by atoms with Crippen LogP contribution < -0.4 is 5.32 Å². The summed E-state index contributed by atoms with van der Waals surface area (Å²) >= 11 is 3.41. The number of methoxy groups -OCH3 is 1. The van der Waals surface area contributed by atoms with Gasteiger partial charge in [-0.2, -0.15) is 0 Å². The van der Waals surface area contributed by atoms with Gasteiger partial charge in [0.15, 0.2) is 0 Å². The fourth-order valence-electron chi connectivity index (χ4n) is 1.34. The summed E-state index contributed by atoms with van der Waals surface area (Å²) in [5, 5.41) is 12.6. The Morgan fingerprint density at radius 2 is 2.29 bits per heavy atom. The number of nitrogens with one attached hydrogen (secondary N) is 1. The molecule has 0 bridgehead atoms. The molecule has 5 heteroatoms. The lowest BCUT2D eigenvalue weighted by atomic mass is 10.2. The van der Waals surface area contributed by atoms with Gasteiger partial charge in [0.25, 0.3) is 0 Å². The average Bonchev–Trinajstić information content (AvgIpc) is 2.30. The molecular weight excluding hydrogens is 286 g/mol. The smallest absolute Gasteiger partial charge is 0.308 e. The topological polar surface area (TPSA) is 58.6 Å². The van der Waals surface area contributed by atoms with Crippen LogP contribution >= 0.6 is 15.9 Å². The van der Waals surface area contributed by atoms with Crippen LogP contribution in [0, 0.1) is 6.92 Å². The van der Waals surface area contributed by atoms with E-state index in [4.69, 9.17) is 0 Å². The summed E-state index contributed by atoms with van der Waals surface area (Å²) < 4.78 is 5.51. The second kappa shape index (κ2) is 6.61. The first-order valence-electron chi connectivity index (χ1n) is 5.28. The molecule has 4 nitrogen and oxygen atoms in total. The monoisotopic (exact) mass is 301 g/mol. The quantitative estimate of drug-likeness (QED) is 0.818. The number of ether oxygens (including phenoxy) is 1. The Labute approximate surface area is 109 Å². The van der Waals surface area contributed by atoms with Gasteiger partial charge < -0.3 is 15.2 Å². The number of hydrogen-bond acceptors (Lipinski definition) is 4. The van der Waals surface area contributed by atoms with E-state index in [0.29, 0.717) is 6.54 Å². The number of carbonyl (C=O) groups excluding carboxylic acids is 1. The van der Waals surface area contributed by atoms with Crippen molar-refractivity contribution in [2.24, 2.45) is 0 Å². The van der Waals surface area contributed by atoms with Crippen LogP contribution in [0.3, 0.4) is 0 Å². The molecule has 1 unspecified atom stereocenters. The first kappa shape index (κ1) is 14.0. The molecule has 2 N–H and O–H groups in total. The maximum absolute atomic E-state index is 10.9. The van der Waals surface area contributed by atoms with Crippen molar-refractivity contribution in [1.29, 1.82) is 0 Å². The molecule has 0 heterocycles. The second-order valence-electron chi connectivity index (χ2n) is 3.78. The Bertz CT molecular complexity index is 395. The summed E-state index contributed by atoms with van der Waals surface area (Å²) in [5.41, 5.74) is 2.02.